The fourth-order valence-electron chi connectivity index (χ4n) is 1.19. The van der Waals surface area contributed by atoms with Crippen molar-refractivity contribution in [2.45, 2.75) is 6.42 Å². The van der Waals surface area contributed by atoms with E-state index in [4.69, 9.17) is 16.3 Å². The van der Waals surface area contributed by atoms with Gasteiger partial charge in [0.25, 0.3) is 0 Å². The van der Waals surface area contributed by atoms with Crippen LogP contribution in [0, 0.1) is 0 Å². The molecule has 0 heterocycles. The number of anilines is 1. The number of ether oxygens (including phenoxy) is 1. The Bertz CT molecular complexity index is 433. The zero-order valence-corrected chi connectivity index (χ0v) is 10.5. The summed E-state index contributed by atoms with van der Waals surface area (Å²) in [5.74, 6) is 0.832. The highest BCUT2D eigenvalue weighted by molar-refractivity contribution is 7.92. The lowest BCUT2D eigenvalue weighted by atomic mass is 10.3. The molecule has 4 nitrogen and oxygen atoms in total. The van der Waals surface area contributed by atoms with Crippen molar-refractivity contribution >= 4 is 27.3 Å². The first-order valence-corrected chi connectivity index (χ1v) is 6.97. The van der Waals surface area contributed by atoms with E-state index in [1.54, 1.807) is 24.3 Å². The van der Waals surface area contributed by atoms with E-state index < -0.39 is 10.0 Å². The zero-order chi connectivity index (χ0) is 12.0. The number of nitrogens with one attached hydrogen (secondary N) is 1. The van der Waals surface area contributed by atoms with Crippen LogP contribution < -0.4 is 9.46 Å². The minimum absolute atomic E-state index is 0.00848. The van der Waals surface area contributed by atoms with Crippen LogP contribution in [0.25, 0.3) is 0 Å². The lowest BCUT2D eigenvalue weighted by Crippen LogP contribution is -2.17. The van der Waals surface area contributed by atoms with Crippen LogP contribution in [0.2, 0.25) is 0 Å². The van der Waals surface area contributed by atoms with Crippen LogP contribution in [0.5, 0.6) is 5.75 Å². The van der Waals surface area contributed by atoms with E-state index in [0.717, 1.165) is 0 Å². The molecular weight excluding hydrogens is 250 g/mol. The number of hydrogen-bond acceptors (Lipinski definition) is 3. The number of alkyl halides is 1. The SMILES string of the molecule is COc1ccccc1NS(=O)(=O)CCCCl. The maximum atomic E-state index is 11.6. The summed E-state index contributed by atoms with van der Waals surface area (Å²) in [6.45, 7) is 0. The number of methoxy groups -OCH3 is 1. The molecular formula is C10H14ClNO3S. The van der Waals surface area contributed by atoms with Gasteiger partial charge < -0.3 is 4.74 Å². The Hall–Kier alpha value is -0.940. The topological polar surface area (TPSA) is 55.4 Å². The maximum Gasteiger partial charge on any atom is 0.232 e. The lowest BCUT2D eigenvalue weighted by Gasteiger charge is -2.10. The molecule has 0 amide bonds. The van der Waals surface area contributed by atoms with E-state index in [9.17, 15) is 8.42 Å². The van der Waals surface area contributed by atoms with Crippen molar-refractivity contribution in [3.05, 3.63) is 24.3 Å². The van der Waals surface area contributed by atoms with Gasteiger partial charge in [0.2, 0.25) is 10.0 Å². The molecule has 0 aliphatic carbocycles. The van der Waals surface area contributed by atoms with Gasteiger partial charge >= 0.3 is 0 Å². The summed E-state index contributed by atoms with van der Waals surface area (Å²) >= 11 is 5.45. The Morgan fingerprint density at radius 1 is 1.38 bits per heavy atom. The quantitative estimate of drug-likeness (QED) is 0.800. The van der Waals surface area contributed by atoms with Crippen molar-refractivity contribution in [3.8, 4) is 5.75 Å². The fraction of sp³-hybridized carbons (Fsp3) is 0.400. The van der Waals surface area contributed by atoms with Gasteiger partial charge in [0.15, 0.2) is 0 Å². The average Bonchev–Trinajstić information content (AvgIpc) is 2.27. The van der Waals surface area contributed by atoms with Gasteiger partial charge in [0.05, 0.1) is 18.6 Å². The molecule has 0 saturated heterocycles. The highest BCUT2D eigenvalue weighted by Crippen LogP contribution is 2.24. The Kier molecular flexibility index (Phi) is 4.89. The maximum absolute atomic E-state index is 11.6. The summed E-state index contributed by atoms with van der Waals surface area (Å²) < 4.78 is 30.7. The normalized spacial score (nSPS) is 11.1. The van der Waals surface area contributed by atoms with Crippen LogP contribution in [-0.4, -0.2) is 27.2 Å². The van der Waals surface area contributed by atoms with Crippen LogP contribution in [0.1, 0.15) is 6.42 Å². The molecule has 1 aromatic carbocycles. The van der Waals surface area contributed by atoms with Crippen molar-refractivity contribution < 1.29 is 13.2 Å². The van der Waals surface area contributed by atoms with Gasteiger partial charge in [-0.15, -0.1) is 11.6 Å². The van der Waals surface area contributed by atoms with E-state index in [0.29, 0.717) is 23.7 Å². The first-order chi connectivity index (χ1) is 7.59. The highest BCUT2D eigenvalue weighted by atomic mass is 35.5. The summed E-state index contributed by atoms with van der Waals surface area (Å²) in [4.78, 5) is 0. The molecule has 6 heteroatoms. The van der Waals surface area contributed by atoms with E-state index >= 15 is 0 Å². The van der Waals surface area contributed by atoms with Crippen molar-refractivity contribution in [3.63, 3.8) is 0 Å². The predicted octanol–water partition coefficient (Wildman–Crippen LogP) is 2.07. The number of sulfonamides is 1. The van der Waals surface area contributed by atoms with Crippen molar-refractivity contribution in [1.29, 1.82) is 0 Å². The van der Waals surface area contributed by atoms with Crippen LogP contribution in [0.15, 0.2) is 24.3 Å². The molecule has 0 aliphatic heterocycles. The monoisotopic (exact) mass is 263 g/mol. The van der Waals surface area contributed by atoms with Crippen LogP contribution in [0.4, 0.5) is 5.69 Å². The molecule has 90 valence electrons. The minimum Gasteiger partial charge on any atom is -0.495 e. The zero-order valence-electron chi connectivity index (χ0n) is 8.94. The fourth-order valence-corrected chi connectivity index (χ4v) is 2.61. The molecule has 0 aliphatic rings. The Labute approximate surface area is 101 Å². The smallest absolute Gasteiger partial charge is 0.232 e. The molecule has 0 saturated carbocycles. The summed E-state index contributed by atoms with van der Waals surface area (Å²) in [7, 11) is -1.85. The predicted molar refractivity (Wildman–Crippen MR) is 65.7 cm³/mol. The van der Waals surface area contributed by atoms with E-state index in [1.807, 2.05) is 0 Å². The molecule has 0 atom stereocenters. The Morgan fingerprint density at radius 2 is 2.06 bits per heavy atom. The largest absolute Gasteiger partial charge is 0.495 e. The van der Waals surface area contributed by atoms with Crippen molar-refractivity contribution in [2.24, 2.45) is 0 Å². The van der Waals surface area contributed by atoms with Gasteiger partial charge in [0.1, 0.15) is 5.75 Å². The van der Waals surface area contributed by atoms with Crippen LogP contribution in [-0.2, 0) is 10.0 Å². The number of benzene rings is 1. The second-order valence-corrected chi connectivity index (χ2v) is 5.38. The summed E-state index contributed by atoms with van der Waals surface area (Å²) in [6, 6.07) is 6.85. The molecule has 0 unspecified atom stereocenters. The van der Waals surface area contributed by atoms with Gasteiger partial charge in [-0.1, -0.05) is 12.1 Å². The molecule has 0 spiro atoms. The number of para-hydroxylation sites is 2. The van der Waals surface area contributed by atoms with Gasteiger partial charge in [-0.2, -0.15) is 0 Å². The van der Waals surface area contributed by atoms with Crippen molar-refractivity contribution in [2.75, 3.05) is 23.5 Å². The van der Waals surface area contributed by atoms with Crippen molar-refractivity contribution in [1.82, 2.24) is 0 Å². The first-order valence-electron chi connectivity index (χ1n) is 4.78. The third-order valence-corrected chi connectivity index (χ3v) is 3.54. The van der Waals surface area contributed by atoms with Gasteiger partial charge in [-0.3, -0.25) is 4.72 Å². The third-order valence-electron chi connectivity index (χ3n) is 1.92. The number of halogens is 1. The van der Waals surface area contributed by atoms with Crippen LogP contribution >= 0.6 is 11.6 Å². The molecule has 0 fully saturated rings. The van der Waals surface area contributed by atoms with E-state index in [-0.39, 0.29) is 5.75 Å². The number of rotatable bonds is 6. The Morgan fingerprint density at radius 3 is 2.69 bits per heavy atom. The second-order valence-electron chi connectivity index (χ2n) is 3.16. The van der Waals surface area contributed by atoms with Gasteiger partial charge in [-0.25, -0.2) is 8.42 Å². The van der Waals surface area contributed by atoms with Gasteiger partial charge in [-0.05, 0) is 18.6 Å². The van der Waals surface area contributed by atoms with Crippen LogP contribution in [0.3, 0.4) is 0 Å². The highest BCUT2D eigenvalue weighted by Gasteiger charge is 2.12. The molecule has 0 bridgehead atoms. The standard InChI is InChI=1S/C10H14ClNO3S/c1-15-10-6-3-2-5-9(10)12-16(13,14)8-4-7-11/h2-3,5-6,12H,4,7-8H2,1H3. The molecule has 1 N–H and O–H groups in total. The summed E-state index contributed by atoms with van der Waals surface area (Å²) in [5, 5.41) is 0. The van der Waals surface area contributed by atoms with Gasteiger partial charge in [0, 0.05) is 5.88 Å². The lowest BCUT2D eigenvalue weighted by molar-refractivity contribution is 0.417. The summed E-state index contributed by atoms with van der Waals surface area (Å²) in [6.07, 6.45) is 0.423. The summed E-state index contributed by atoms with van der Waals surface area (Å²) in [5.41, 5.74) is 0.444. The third kappa shape index (κ3) is 3.90. The first kappa shape index (κ1) is 13.1. The molecule has 0 radical (unpaired) electrons. The molecule has 1 aromatic rings. The molecule has 16 heavy (non-hydrogen) atoms. The van der Waals surface area contributed by atoms with E-state index in [1.165, 1.54) is 7.11 Å². The Balaban J connectivity index is 2.79. The second kappa shape index (κ2) is 5.96. The average molecular weight is 264 g/mol. The minimum atomic E-state index is -3.34. The molecule has 1 rings (SSSR count). The molecule has 0 aromatic heterocycles. The van der Waals surface area contributed by atoms with E-state index in [2.05, 4.69) is 4.72 Å². The number of hydrogen-bond donors (Lipinski definition) is 1.